The molecule has 3 aliphatic rings. The zero-order valence-corrected chi connectivity index (χ0v) is 22.1. The molecule has 0 spiro atoms. The van der Waals surface area contributed by atoms with Crippen LogP contribution in [0, 0.1) is 22.6 Å². The third-order valence-corrected chi connectivity index (χ3v) is 8.66. The number of carbonyl (C=O) groups excluding carboxylic acids is 1. The van der Waals surface area contributed by atoms with Crippen molar-refractivity contribution < 1.29 is 27.8 Å². The summed E-state index contributed by atoms with van der Waals surface area (Å²) in [7, 11) is 1.67. The molecule has 1 aliphatic carbocycles. The number of rotatable bonds is 4. The van der Waals surface area contributed by atoms with Crippen molar-refractivity contribution in [1.29, 1.82) is 5.26 Å². The van der Waals surface area contributed by atoms with E-state index in [9.17, 15) is 23.9 Å². The number of benzene rings is 2. The van der Waals surface area contributed by atoms with E-state index in [0.717, 1.165) is 0 Å². The Balaban J connectivity index is 1.33. The number of hydrogen-bond acceptors (Lipinski definition) is 6. The Morgan fingerprint density at radius 1 is 1.17 bits per heavy atom. The number of amides is 1. The van der Waals surface area contributed by atoms with Crippen molar-refractivity contribution in [1.82, 2.24) is 19.4 Å². The van der Waals surface area contributed by atoms with Crippen LogP contribution in [0.15, 0.2) is 48.7 Å². The van der Waals surface area contributed by atoms with Crippen LogP contribution in [0.4, 0.5) is 13.2 Å². The van der Waals surface area contributed by atoms with Crippen LogP contribution >= 0.6 is 0 Å². The van der Waals surface area contributed by atoms with E-state index in [4.69, 9.17) is 9.72 Å². The summed E-state index contributed by atoms with van der Waals surface area (Å²) in [5, 5.41) is 20.2. The second kappa shape index (κ2) is 8.54. The number of pyridine rings is 1. The zero-order chi connectivity index (χ0) is 28.8. The maximum Gasteiger partial charge on any atom is 0.387 e. The van der Waals surface area contributed by atoms with E-state index < -0.39 is 29.5 Å². The molecule has 4 aromatic rings. The average molecular weight is 560 g/mol. The predicted molar refractivity (Wildman–Crippen MR) is 140 cm³/mol. The highest BCUT2D eigenvalue weighted by Crippen LogP contribution is 2.54. The normalized spacial score (nSPS) is 26.4. The van der Waals surface area contributed by atoms with Gasteiger partial charge < -0.3 is 19.3 Å². The molecule has 1 amide bonds. The second-order valence-corrected chi connectivity index (χ2v) is 11.4. The predicted octanol–water partition coefficient (Wildman–Crippen LogP) is 5.47. The summed E-state index contributed by atoms with van der Waals surface area (Å²) < 4.78 is 48.8. The van der Waals surface area contributed by atoms with E-state index in [1.165, 1.54) is 24.4 Å². The Morgan fingerprint density at radius 2 is 1.95 bits per heavy atom. The molecule has 41 heavy (non-hydrogen) atoms. The summed E-state index contributed by atoms with van der Waals surface area (Å²) in [6.07, 6.45) is 2.13. The molecule has 4 heterocycles. The van der Waals surface area contributed by atoms with E-state index >= 15 is 4.39 Å². The third-order valence-electron chi connectivity index (χ3n) is 8.66. The molecule has 8 nitrogen and oxygen atoms in total. The molecule has 0 radical (unpaired) electrons. The van der Waals surface area contributed by atoms with E-state index in [1.807, 2.05) is 10.6 Å². The minimum atomic E-state index is -3.06. The van der Waals surface area contributed by atoms with Gasteiger partial charge in [0.05, 0.1) is 34.6 Å². The van der Waals surface area contributed by atoms with E-state index in [0.29, 0.717) is 45.5 Å². The maximum absolute atomic E-state index is 15.3. The van der Waals surface area contributed by atoms with Gasteiger partial charge in [0.15, 0.2) is 0 Å². The molecule has 1 fully saturated rings. The van der Waals surface area contributed by atoms with Gasteiger partial charge in [-0.25, -0.2) is 9.37 Å². The van der Waals surface area contributed by atoms with E-state index in [1.54, 1.807) is 37.1 Å². The van der Waals surface area contributed by atoms with Crippen LogP contribution in [-0.2, 0) is 5.60 Å². The van der Waals surface area contributed by atoms with Crippen molar-refractivity contribution >= 4 is 16.9 Å². The lowest BCUT2D eigenvalue weighted by atomic mass is 9.59. The molecule has 1 N–H and O–H groups in total. The van der Waals surface area contributed by atoms with Gasteiger partial charge in [0, 0.05) is 49.2 Å². The molecule has 1 saturated carbocycles. The zero-order valence-electron chi connectivity index (χ0n) is 22.1. The lowest BCUT2D eigenvalue weighted by Crippen LogP contribution is -2.48. The molecule has 208 valence electrons. The van der Waals surface area contributed by atoms with Gasteiger partial charge in [0.25, 0.3) is 5.91 Å². The molecule has 1 unspecified atom stereocenters. The monoisotopic (exact) mass is 559 g/mol. The van der Waals surface area contributed by atoms with Crippen LogP contribution in [0.2, 0.25) is 0 Å². The van der Waals surface area contributed by atoms with Gasteiger partial charge >= 0.3 is 6.61 Å². The molecule has 7 rings (SSSR count). The molecule has 2 atom stereocenters. The average Bonchev–Trinajstić information content (AvgIpc) is 3.44. The number of nitrogens with zero attached hydrogens (tertiary/aromatic N) is 5. The molecular weight excluding hydrogens is 535 g/mol. The number of aromatic nitrogens is 3. The fourth-order valence-corrected chi connectivity index (χ4v) is 6.88. The van der Waals surface area contributed by atoms with Gasteiger partial charge in [-0.3, -0.25) is 9.78 Å². The maximum atomic E-state index is 15.3. The lowest BCUT2D eigenvalue weighted by molar-refractivity contribution is -0.108. The van der Waals surface area contributed by atoms with Gasteiger partial charge in [0.2, 0.25) is 0 Å². The number of halogens is 3. The van der Waals surface area contributed by atoms with Crippen molar-refractivity contribution in [3.05, 3.63) is 77.1 Å². The largest absolute Gasteiger partial charge is 0.434 e. The van der Waals surface area contributed by atoms with Crippen molar-refractivity contribution in [3.63, 3.8) is 0 Å². The summed E-state index contributed by atoms with van der Waals surface area (Å²) in [5.41, 5.74) is 0.829. The number of alkyl halides is 2. The van der Waals surface area contributed by atoms with Crippen molar-refractivity contribution in [2.24, 2.45) is 5.41 Å². The SMILES string of the molecule is CN1C(=O)c2cccc(OC(F)F)c2[C@@H]2CC1c1nc3ccc(-c4cnc(C5(O)CC(C)(C#N)C5)c(F)c4)cc3n12. The number of aliphatic hydroxyl groups is 1. The number of ether oxygens (including phenoxy) is 1. The molecule has 11 heteroatoms. The summed E-state index contributed by atoms with van der Waals surface area (Å²) >= 11 is 0. The molecule has 2 aromatic carbocycles. The fraction of sp³-hybridized carbons (Fsp3) is 0.333. The molecular formula is C30H24F3N5O3. The first-order valence-corrected chi connectivity index (χ1v) is 13.2. The number of nitriles is 1. The van der Waals surface area contributed by atoms with Gasteiger partial charge in [-0.2, -0.15) is 14.0 Å². The molecule has 0 saturated heterocycles. The first-order valence-electron chi connectivity index (χ1n) is 13.2. The highest BCUT2D eigenvalue weighted by atomic mass is 19.3. The van der Waals surface area contributed by atoms with Crippen molar-refractivity contribution in [3.8, 4) is 22.9 Å². The summed E-state index contributed by atoms with van der Waals surface area (Å²) in [5.74, 6) is -0.392. The number of hydrogen-bond donors (Lipinski definition) is 1. The van der Waals surface area contributed by atoms with E-state index in [2.05, 4.69) is 11.1 Å². The summed E-state index contributed by atoms with van der Waals surface area (Å²) in [6, 6.07) is 12.6. The Morgan fingerprint density at radius 3 is 2.66 bits per heavy atom. The molecule has 2 aliphatic heterocycles. The number of carbonyl (C=O) groups is 1. The van der Waals surface area contributed by atoms with Gasteiger partial charge in [-0.15, -0.1) is 0 Å². The lowest BCUT2D eigenvalue weighted by Gasteiger charge is -2.46. The number of fused-ring (bicyclic) bond motifs is 9. The van der Waals surface area contributed by atoms with Crippen LogP contribution in [-0.4, -0.2) is 44.1 Å². The minimum absolute atomic E-state index is 0.0564. The van der Waals surface area contributed by atoms with Crippen LogP contribution in [0.25, 0.3) is 22.2 Å². The van der Waals surface area contributed by atoms with Gasteiger partial charge in [0.1, 0.15) is 28.7 Å². The van der Waals surface area contributed by atoms with Crippen molar-refractivity contribution in [2.75, 3.05) is 7.05 Å². The van der Waals surface area contributed by atoms with E-state index in [-0.39, 0.29) is 36.2 Å². The number of imidazole rings is 1. The highest BCUT2D eigenvalue weighted by molar-refractivity contribution is 5.98. The molecule has 2 aromatic heterocycles. The first-order chi connectivity index (χ1) is 19.5. The highest BCUT2D eigenvalue weighted by Gasteiger charge is 2.54. The van der Waals surface area contributed by atoms with Gasteiger partial charge in [-0.05, 0) is 42.8 Å². The summed E-state index contributed by atoms with van der Waals surface area (Å²) in [6.45, 7) is -1.34. The quantitative estimate of drug-likeness (QED) is 0.356. The fourth-order valence-electron chi connectivity index (χ4n) is 6.88. The van der Waals surface area contributed by atoms with Crippen LogP contribution in [0.1, 0.15) is 65.7 Å². The van der Waals surface area contributed by atoms with Crippen LogP contribution in [0.3, 0.4) is 0 Å². The van der Waals surface area contributed by atoms with Crippen LogP contribution < -0.4 is 4.74 Å². The van der Waals surface area contributed by atoms with Gasteiger partial charge in [-0.1, -0.05) is 12.1 Å². The van der Waals surface area contributed by atoms with Crippen molar-refractivity contribution in [2.45, 2.75) is 50.5 Å². The standard InChI is InChI=1S/C30H24F3N5O3/c1-29(14-34)12-30(40,13-29)25-18(31)8-16(11-35-25)15-6-7-19-20(9-15)38-21-10-22(26(38)36-19)37(2)27(39)17-4-3-5-23(24(17)21)41-28(32)33/h3-9,11,21-22,28,40H,10,12-13H2,1-2H3/t21-,22?,29?,30?/m0/s1. The Kier molecular flexibility index (Phi) is 5.32. The smallest absolute Gasteiger partial charge is 0.387 e. The Bertz CT molecular complexity index is 1810. The molecule has 2 bridgehead atoms. The second-order valence-electron chi connectivity index (χ2n) is 11.4. The Hall–Kier alpha value is -4.43. The first kappa shape index (κ1) is 25.5. The third kappa shape index (κ3) is 3.67. The summed E-state index contributed by atoms with van der Waals surface area (Å²) in [4.78, 5) is 23.9. The Labute approximate surface area is 232 Å². The van der Waals surface area contributed by atoms with Crippen LogP contribution in [0.5, 0.6) is 5.75 Å². The topological polar surface area (TPSA) is 104 Å². The minimum Gasteiger partial charge on any atom is -0.434 e.